The number of nitrogens with one attached hydrogen (secondary N) is 1. The molecule has 0 bridgehead atoms. The zero-order valence-electron chi connectivity index (χ0n) is 12.6. The number of hydrogen-bond donors (Lipinski definition) is 1. The summed E-state index contributed by atoms with van der Waals surface area (Å²) in [5, 5.41) is 2.82. The highest BCUT2D eigenvalue weighted by atomic mass is 16.5. The molecule has 0 aromatic heterocycles. The summed E-state index contributed by atoms with van der Waals surface area (Å²) in [6.45, 7) is 4.05. The quantitative estimate of drug-likeness (QED) is 0.502. The Labute approximate surface area is 130 Å². The predicted molar refractivity (Wildman–Crippen MR) is 90.5 cm³/mol. The Balaban J connectivity index is 2.46. The van der Waals surface area contributed by atoms with Crippen LogP contribution in [-0.4, -0.2) is 19.6 Å². The molecule has 0 aliphatic carbocycles. The number of para-hydroxylation sites is 1. The normalized spacial score (nSPS) is 10.9. The summed E-state index contributed by atoms with van der Waals surface area (Å²) in [5.74, 6) is 0.587. The highest BCUT2D eigenvalue weighted by Gasteiger charge is 2.12. The van der Waals surface area contributed by atoms with Crippen LogP contribution in [0, 0.1) is 0 Å². The molecule has 0 aliphatic heterocycles. The van der Waals surface area contributed by atoms with Gasteiger partial charge in [0.25, 0.3) is 5.91 Å². The van der Waals surface area contributed by atoms with Gasteiger partial charge in [-0.2, -0.15) is 0 Å². The van der Waals surface area contributed by atoms with Crippen LogP contribution in [-0.2, 0) is 4.79 Å². The molecule has 0 fully saturated rings. The van der Waals surface area contributed by atoms with E-state index in [0.29, 0.717) is 12.1 Å². The molecule has 1 N–H and O–H groups in total. The van der Waals surface area contributed by atoms with Crippen molar-refractivity contribution < 1.29 is 9.53 Å². The van der Waals surface area contributed by atoms with E-state index in [9.17, 15) is 4.79 Å². The smallest absolute Gasteiger partial charge is 0.252 e. The van der Waals surface area contributed by atoms with Crippen LogP contribution in [0.4, 0.5) is 0 Å². The van der Waals surface area contributed by atoms with Gasteiger partial charge < -0.3 is 10.1 Å². The molecule has 3 nitrogen and oxygen atoms in total. The molecule has 0 radical (unpaired) electrons. The lowest BCUT2D eigenvalue weighted by molar-refractivity contribution is -0.115. The number of hydrogen-bond acceptors (Lipinski definition) is 2. The molecule has 112 valence electrons. The van der Waals surface area contributed by atoms with Gasteiger partial charge in [-0.05, 0) is 17.7 Å². The third kappa shape index (κ3) is 3.85. The van der Waals surface area contributed by atoms with Crippen LogP contribution in [0.25, 0.3) is 11.6 Å². The predicted octanol–water partition coefficient (Wildman–Crippen LogP) is 3.54. The van der Waals surface area contributed by atoms with Gasteiger partial charge in [0.05, 0.1) is 7.11 Å². The molecule has 0 spiro atoms. The average molecular weight is 293 g/mol. The van der Waals surface area contributed by atoms with Crippen LogP contribution in [0.2, 0.25) is 0 Å². The minimum atomic E-state index is -0.142. The summed E-state index contributed by atoms with van der Waals surface area (Å²) in [7, 11) is 1.62. The second-order valence-electron chi connectivity index (χ2n) is 4.66. The second kappa shape index (κ2) is 7.84. The van der Waals surface area contributed by atoms with Crippen molar-refractivity contribution in [2.75, 3.05) is 13.7 Å². The fourth-order valence-electron chi connectivity index (χ4n) is 2.10. The SMILES string of the molecule is C=CCNC(=O)C(=Cc1ccccc1OC)c1ccccc1. The van der Waals surface area contributed by atoms with E-state index in [-0.39, 0.29) is 5.91 Å². The van der Waals surface area contributed by atoms with Crippen molar-refractivity contribution >= 4 is 17.6 Å². The molecule has 0 atom stereocenters. The van der Waals surface area contributed by atoms with E-state index >= 15 is 0 Å². The van der Waals surface area contributed by atoms with Crippen LogP contribution in [0.5, 0.6) is 5.75 Å². The van der Waals surface area contributed by atoms with Crippen LogP contribution >= 0.6 is 0 Å². The van der Waals surface area contributed by atoms with Crippen molar-refractivity contribution in [3.8, 4) is 5.75 Å². The van der Waals surface area contributed by atoms with Gasteiger partial charge in [-0.15, -0.1) is 6.58 Å². The van der Waals surface area contributed by atoms with Crippen LogP contribution in [0.3, 0.4) is 0 Å². The van der Waals surface area contributed by atoms with Gasteiger partial charge in [0.2, 0.25) is 0 Å². The number of carbonyl (C=O) groups excluding carboxylic acids is 1. The second-order valence-corrected chi connectivity index (χ2v) is 4.66. The largest absolute Gasteiger partial charge is 0.496 e. The molecular weight excluding hydrogens is 274 g/mol. The van der Waals surface area contributed by atoms with Gasteiger partial charge in [0.1, 0.15) is 5.75 Å². The van der Waals surface area contributed by atoms with Gasteiger partial charge in [-0.3, -0.25) is 4.79 Å². The molecule has 0 saturated heterocycles. The molecule has 2 aromatic carbocycles. The molecule has 3 heteroatoms. The Morgan fingerprint density at radius 2 is 1.82 bits per heavy atom. The zero-order chi connectivity index (χ0) is 15.8. The molecule has 22 heavy (non-hydrogen) atoms. The summed E-state index contributed by atoms with van der Waals surface area (Å²) < 4.78 is 5.35. The first kappa shape index (κ1) is 15.6. The van der Waals surface area contributed by atoms with Crippen LogP contribution in [0.15, 0.2) is 67.3 Å². The average Bonchev–Trinajstić information content (AvgIpc) is 2.58. The molecule has 0 aliphatic rings. The Morgan fingerprint density at radius 3 is 2.50 bits per heavy atom. The maximum absolute atomic E-state index is 12.4. The molecule has 2 aromatic rings. The van der Waals surface area contributed by atoms with Gasteiger partial charge >= 0.3 is 0 Å². The van der Waals surface area contributed by atoms with Crippen molar-refractivity contribution in [2.24, 2.45) is 0 Å². The van der Waals surface area contributed by atoms with E-state index < -0.39 is 0 Å². The minimum Gasteiger partial charge on any atom is -0.496 e. The van der Waals surface area contributed by atoms with E-state index in [1.165, 1.54) is 0 Å². The first-order valence-electron chi connectivity index (χ1n) is 7.05. The topological polar surface area (TPSA) is 38.3 Å². The molecule has 2 rings (SSSR count). The third-order valence-corrected chi connectivity index (χ3v) is 3.18. The first-order chi connectivity index (χ1) is 10.8. The van der Waals surface area contributed by atoms with Gasteiger partial charge in [0, 0.05) is 17.7 Å². The van der Waals surface area contributed by atoms with Gasteiger partial charge in [0.15, 0.2) is 0 Å². The Morgan fingerprint density at radius 1 is 1.14 bits per heavy atom. The number of ether oxygens (including phenoxy) is 1. The molecule has 0 heterocycles. The van der Waals surface area contributed by atoms with E-state index in [1.54, 1.807) is 13.2 Å². The van der Waals surface area contributed by atoms with Crippen molar-refractivity contribution in [3.05, 3.63) is 78.4 Å². The van der Waals surface area contributed by atoms with E-state index in [2.05, 4.69) is 11.9 Å². The first-order valence-corrected chi connectivity index (χ1v) is 7.05. The van der Waals surface area contributed by atoms with E-state index in [0.717, 1.165) is 16.9 Å². The molecule has 0 saturated carbocycles. The van der Waals surface area contributed by atoms with Crippen LogP contribution < -0.4 is 10.1 Å². The summed E-state index contributed by atoms with van der Waals surface area (Å²) >= 11 is 0. The summed E-state index contributed by atoms with van der Waals surface area (Å²) in [6.07, 6.45) is 3.50. The number of methoxy groups -OCH3 is 1. The Bertz CT molecular complexity index is 675. The maximum atomic E-state index is 12.4. The van der Waals surface area contributed by atoms with Crippen molar-refractivity contribution in [2.45, 2.75) is 0 Å². The van der Waals surface area contributed by atoms with Crippen molar-refractivity contribution in [1.82, 2.24) is 5.32 Å². The lowest BCUT2D eigenvalue weighted by Gasteiger charge is -2.10. The van der Waals surface area contributed by atoms with E-state index in [4.69, 9.17) is 4.74 Å². The standard InChI is InChI=1S/C19H19NO2/c1-3-13-20-19(21)17(15-9-5-4-6-10-15)14-16-11-7-8-12-18(16)22-2/h3-12,14H,1,13H2,2H3,(H,20,21). The highest BCUT2D eigenvalue weighted by molar-refractivity contribution is 6.24. The number of rotatable bonds is 6. The highest BCUT2D eigenvalue weighted by Crippen LogP contribution is 2.24. The fraction of sp³-hybridized carbons (Fsp3) is 0.105. The van der Waals surface area contributed by atoms with Crippen molar-refractivity contribution in [1.29, 1.82) is 0 Å². The monoisotopic (exact) mass is 293 g/mol. The Kier molecular flexibility index (Phi) is 5.55. The zero-order valence-corrected chi connectivity index (χ0v) is 12.6. The number of amides is 1. The number of carbonyl (C=O) groups is 1. The minimum absolute atomic E-state index is 0.142. The van der Waals surface area contributed by atoms with Crippen LogP contribution in [0.1, 0.15) is 11.1 Å². The molecule has 0 unspecified atom stereocenters. The molecular formula is C19H19NO2. The van der Waals surface area contributed by atoms with Gasteiger partial charge in [-0.25, -0.2) is 0 Å². The summed E-state index contributed by atoms with van der Waals surface area (Å²) in [4.78, 5) is 12.4. The third-order valence-electron chi connectivity index (χ3n) is 3.18. The fourth-order valence-corrected chi connectivity index (χ4v) is 2.10. The Hall–Kier alpha value is -2.81. The lowest BCUT2D eigenvalue weighted by Crippen LogP contribution is -2.24. The van der Waals surface area contributed by atoms with Crippen molar-refractivity contribution in [3.63, 3.8) is 0 Å². The van der Waals surface area contributed by atoms with E-state index in [1.807, 2.05) is 60.7 Å². The maximum Gasteiger partial charge on any atom is 0.252 e. The summed E-state index contributed by atoms with van der Waals surface area (Å²) in [6, 6.07) is 17.2. The summed E-state index contributed by atoms with van der Waals surface area (Å²) in [5.41, 5.74) is 2.31. The van der Waals surface area contributed by atoms with Gasteiger partial charge in [-0.1, -0.05) is 54.6 Å². The number of benzene rings is 2. The molecule has 1 amide bonds. The lowest BCUT2D eigenvalue weighted by atomic mass is 10.0.